The number of carbonyl (C=O) groups excluding carboxylic acids is 1. The number of halogens is 1. The molecule has 5 nitrogen and oxygen atoms in total. The first-order valence-electron chi connectivity index (χ1n) is 6.42. The van der Waals surface area contributed by atoms with Crippen LogP contribution in [0.4, 0.5) is 20.6 Å². The molecule has 0 saturated carbocycles. The van der Waals surface area contributed by atoms with Gasteiger partial charge >= 0.3 is 6.09 Å². The van der Waals surface area contributed by atoms with Crippen molar-refractivity contribution in [2.75, 3.05) is 36.0 Å². The van der Waals surface area contributed by atoms with Gasteiger partial charge in [-0.15, -0.1) is 0 Å². The molecule has 2 aliphatic rings. The maximum Gasteiger partial charge on any atom is 0.414 e. The number of hydrogen-bond donors (Lipinski definition) is 1. The highest BCUT2D eigenvalue weighted by Gasteiger charge is 2.32. The van der Waals surface area contributed by atoms with Crippen molar-refractivity contribution in [2.24, 2.45) is 5.73 Å². The van der Waals surface area contributed by atoms with Crippen LogP contribution in [0.5, 0.6) is 0 Å². The third kappa shape index (κ3) is 2.12. The molecule has 1 aromatic carbocycles. The van der Waals surface area contributed by atoms with Crippen molar-refractivity contribution < 1.29 is 13.9 Å². The van der Waals surface area contributed by atoms with Gasteiger partial charge in [0.1, 0.15) is 11.9 Å². The van der Waals surface area contributed by atoms with E-state index in [1.54, 1.807) is 12.1 Å². The molecule has 2 aliphatic heterocycles. The van der Waals surface area contributed by atoms with Crippen LogP contribution in [0.15, 0.2) is 18.2 Å². The Morgan fingerprint density at radius 3 is 2.74 bits per heavy atom. The third-order valence-electron chi connectivity index (χ3n) is 3.58. The number of anilines is 2. The molecule has 1 amide bonds. The highest BCUT2D eigenvalue weighted by molar-refractivity contribution is 5.90. The number of carbonyl (C=O) groups is 1. The Balaban J connectivity index is 1.82. The normalized spacial score (nSPS) is 22.4. The third-order valence-corrected chi connectivity index (χ3v) is 3.58. The second-order valence-electron chi connectivity index (χ2n) is 4.83. The fraction of sp³-hybridized carbons (Fsp3) is 0.462. The van der Waals surface area contributed by atoms with Gasteiger partial charge in [-0.25, -0.2) is 9.18 Å². The van der Waals surface area contributed by atoms with Gasteiger partial charge in [-0.1, -0.05) is 0 Å². The molecule has 0 aromatic heterocycles. The first-order valence-corrected chi connectivity index (χ1v) is 6.42. The number of cyclic esters (lactones) is 1. The minimum atomic E-state index is -0.466. The van der Waals surface area contributed by atoms with Crippen LogP contribution in [0, 0.1) is 5.82 Å². The van der Waals surface area contributed by atoms with Crippen molar-refractivity contribution in [1.29, 1.82) is 0 Å². The van der Waals surface area contributed by atoms with Crippen molar-refractivity contribution in [3.05, 3.63) is 24.0 Å². The molecule has 0 spiro atoms. The lowest BCUT2D eigenvalue weighted by molar-refractivity contribution is 0.145. The summed E-state index contributed by atoms with van der Waals surface area (Å²) < 4.78 is 19.1. The SMILES string of the molecule is NC[C@H]1CN(c2ccc(N3CCC3)c(F)c2)C(=O)O1. The van der Waals surface area contributed by atoms with E-state index in [0.29, 0.717) is 17.9 Å². The molecule has 2 heterocycles. The summed E-state index contributed by atoms with van der Waals surface area (Å²) in [5.74, 6) is -0.304. The molecular formula is C13H16FN3O2. The van der Waals surface area contributed by atoms with Gasteiger partial charge in [-0.3, -0.25) is 4.90 Å². The maximum atomic E-state index is 14.0. The van der Waals surface area contributed by atoms with Gasteiger partial charge in [-0.2, -0.15) is 0 Å². The summed E-state index contributed by atoms with van der Waals surface area (Å²) in [6, 6.07) is 4.84. The first-order chi connectivity index (χ1) is 9.19. The van der Waals surface area contributed by atoms with Gasteiger partial charge in [0.25, 0.3) is 0 Å². The van der Waals surface area contributed by atoms with Gasteiger partial charge in [0.05, 0.1) is 17.9 Å². The van der Waals surface area contributed by atoms with Crippen molar-refractivity contribution in [1.82, 2.24) is 0 Å². The summed E-state index contributed by atoms with van der Waals surface area (Å²) in [6.07, 6.45) is 0.315. The Labute approximate surface area is 110 Å². The van der Waals surface area contributed by atoms with Crippen LogP contribution in [-0.4, -0.2) is 38.4 Å². The Bertz CT molecular complexity index is 505. The van der Waals surface area contributed by atoms with Gasteiger partial charge < -0.3 is 15.4 Å². The minimum Gasteiger partial charge on any atom is -0.443 e. The van der Waals surface area contributed by atoms with E-state index in [1.165, 1.54) is 11.0 Å². The highest BCUT2D eigenvalue weighted by Crippen LogP contribution is 2.29. The Morgan fingerprint density at radius 1 is 1.42 bits per heavy atom. The van der Waals surface area contributed by atoms with E-state index < -0.39 is 6.09 Å². The van der Waals surface area contributed by atoms with Crippen LogP contribution in [0.3, 0.4) is 0 Å². The molecule has 0 unspecified atom stereocenters. The predicted molar refractivity (Wildman–Crippen MR) is 69.9 cm³/mol. The first kappa shape index (κ1) is 12.2. The van der Waals surface area contributed by atoms with Gasteiger partial charge in [0.2, 0.25) is 0 Å². The Hall–Kier alpha value is -1.82. The molecule has 19 heavy (non-hydrogen) atoms. The quantitative estimate of drug-likeness (QED) is 0.895. The number of amides is 1. The number of benzene rings is 1. The second-order valence-corrected chi connectivity index (χ2v) is 4.83. The zero-order chi connectivity index (χ0) is 13.4. The van der Waals surface area contributed by atoms with E-state index in [4.69, 9.17) is 10.5 Å². The predicted octanol–water partition coefficient (Wildman–Crippen LogP) is 1.32. The second kappa shape index (κ2) is 4.70. The van der Waals surface area contributed by atoms with Crippen LogP contribution in [0.1, 0.15) is 6.42 Å². The fourth-order valence-electron chi connectivity index (χ4n) is 2.33. The van der Waals surface area contributed by atoms with Crippen LogP contribution in [0.25, 0.3) is 0 Å². The van der Waals surface area contributed by atoms with Crippen molar-refractivity contribution in [3.63, 3.8) is 0 Å². The number of rotatable bonds is 3. The summed E-state index contributed by atoms with van der Waals surface area (Å²) in [5.41, 5.74) is 6.58. The van der Waals surface area contributed by atoms with Crippen molar-refractivity contribution in [2.45, 2.75) is 12.5 Å². The number of nitrogens with two attached hydrogens (primary N) is 1. The number of hydrogen-bond acceptors (Lipinski definition) is 4. The topological polar surface area (TPSA) is 58.8 Å². The van der Waals surface area contributed by atoms with E-state index in [-0.39, 0.29) is 18.5 Å². The molecule has 2 fully saturated rings. The van der Waals surface area contributed by atoms with Crippen LogP contribution in [-0.2, 0) is 4.74 Å². The molecule has 0 bridgehead atoms. The molecule has 0 aliphatic carbocycles. The van der Waals surface area contributed by atoms with E-state index in [9.17, 15) is 9.18 Å². The van der Waals surface area contributed by atoms with Crippen molar-refractivity contribution in [3.8, 4) is 0 Å². The van der Waals surface area contributed by atoms with Crippen LogP contribution in [0.2, 0.25) is 0 Å². The van der Waals surface area contributed by atoms with Crippen LogP contribution < -0.4 is 15.5 Å². The lowest BCUT2D eigenvalue weighted by Crippen LogP contribution is -2.37. The fourth-order valence-corrected chi connectivity index (χ4v) is 2.33. The molecule has 2 N–H and O–H groups in total. The highest BCUT2D eigenvalue weighted by atomic mass is 19.1. The molecule has 6 heteroatoms. The van der Waals surface area contributed by atoms with Crippen LogP contribution >= 0.6 is 0 Å². The number of nitrogens with zero attached hydrogens (tertiary/aromatic N) is 2. The van der Waals surface area contributed by atoms with Gasteiger partial charge in [0.15, 0.2) is 0 Å². The molecule has 102 valence electrons. The lowest BCUT2D eigenvalue weighted by Gasteiger charge is -2.33. The molecule has 2 saturated heterocycles. The van der Waals surface area contributed by atoms with Gasteiger partial charge in [0, 0.05) is 19.6 Å². The smallest absolute Gasteiger partial charge is 0.414 e. The number of ether oxygens (including phenoxy) is 1. The average molecular weight is 265 g/mol. The summed E-state index contributed by atoms with van der Waals surface area (Å²) >= 11 is 0. The summed E-state index contributed by atoms with van der Waals surface area (Å²) in [5, 5.41) is 0. The maximum absolute atomic E-state index is 14.0. The summed E-state index contributed by atoms with van der Waals surface area (Å²) in [7, 11) is 0. The zero-order valence-corrected chi connectivity index (χ0v) is 10.5. The minimum absolute atomic E-state index is 0.274. The molecule has 0 radical (unpaired) electrons. The van der Waals surface area contributed by atoms with E-state index in [2.05, 4.69) is 0 Å². The summed E-state index contributed by atoms with van der Waals surface area (Å²) in [6.45, 7) is 2.42. The molecular weight excluding hydrogens is 249 g/mol. The average Bonchev–Trinajstić information content (AvgIpc) is 2.71. The van der Waals surface area contributed by atoms with E-state index in [0.717, 1.165) is 19.5 Å². The molecule has 1 atom stereocenters. The molecule has 3 rings (SSSR count). The Morgan fingerprint density at radius 2 is 2.21 bits per heavy atom. The van der Waals surface area contributed by atoms with E-state index >= 15 is 0 Å². The lowest BCUT2D eigenvalue weighted by atomic mass is 10.1. The Kier molecular flexibility index (Phi) is 3.02. The monoisotopic (exact) mass is 265 g/mol. The zero-order valence-electron chi connectivity index (χ0n) is 10.5. The standard InChI is InChI=1S/C13H16FN3O2/c14-11-6-9(2-3-12(11)16-4-1-5-16)17-8-10(7-15)19-13(17)18/h2-3,6,10H,1,4-5,7-8,15H2/t10-/m0/s1. The van der Waals surface area contributed by atoms with E-state index in [1.807, 2.05) is 4.90 Å². The summed E-state index contributed by atoms with van der Waals surface area (Å²) in [4.78, 5) is 15.1. The van der Waals surface area contributed by atoms with Crippen molar-refractivity contribution >= 4 is 17.5 Å². The largest absolute Gasteiger partial charge is 0.443 e. The molecule has 1 aromatic rings. The van der Waals surface area contributed by atoms with Gasteiger partial charge in [-0.05, 0) is 24.6 Å².